The SMILES string of the molecule is NNc1ccc(Cn2cccc(Br)c2=O)cc1[N+](=O)[O-]. The summed E-state index contributed by atoms with van der Waals surface area (Å²) in [6.45, 7) is 0.240. The first-order chi connectivity index (χ1) is 9.52. The fraction of sp³-hybridized carbons (Fsp3) is 0.0833. The Morgan fingerprint density at radius 3 is 2.80 bits per heavy atom. The van der Waals surface area contributed by atoms with E-state index in [1.54, 1.807) is 24.4 Å². The summed E-state index contributed by atoms with van der Waals surface area (Å²) in [7, 11) is 0. The molecule has 0 saturated heterocycles. The number of aromatic nitrogens is 1. The number of nitrogens with zero attached hydrogens (tertiary/aromatic N) is 2. The Morgan fingerprint density at radius 1 is 1.40 bits per heavy atom. The number of hydrogen-bond acceptors (Lipinski definition) is 5. The number of benzene rings is 1. The Morgan fingerprint density at radius 2 is 2.15 bits per heavy atom. The van der Waals surface area contributed by atoms with Crippen LogP contribution in [0.15, 0.2) is 45.8 Å². The fourth-order valence-electron chi connectivity index (χ4n) is 1.78. The highest BCUT2D eigenvalue weighted by Crippen LogP contribution is 2.24. The van der Waals surface area contributed by atoms with Crippen LogP contribution in [0.25, 0.3) is 0 Å². The van der Waals surface area contributed by atoms with E-state index >= 15 is 0 Å². The molecule has 0 atom stereocenters. The fourth-order valence-corrected chi connectivity index (χ4v) is 2.16. The van der Waals surface area contributed by atoms with E-state index in [4.69, 9.17) is 5.84 Å². The van der Waals surface area contributed by atoms with Crippen LogP contribution in [0.3, 0.4) is 0 Å². The van der Waals surface area contributed by atoms with Crippen LogP contribution in [-0.4, -0.2) is 9.49 Å². The maximum Gasteiger partial charge on any atom is 0.293 e. The molecule has 20 heavy (non-hydrogen) atoms. The van der Waals surface area contributed by atoms with Crippen LogP contribution in [0.1, 0.15) is 5.56 Å². The largest absolute Gasteiger partial charge is 0.318 e. The van der Waals surface area contributed by atoms with E-state index in [9.17, 15) is 14.9 Å². The second kappa shape index (κ2) is 5.85. The standard InChI is InChI=1S/C12H11BrN4O3/c13-9-2-1-5-16(12(9)18)7-8-3-4-10(15-14)11(6-8)17(19)20/h1-6,15H,7,14H2. The summed E-state index contributed by atoms with van der Waals surface area (Å²) in [5, 5.41) is 10.9. The van der Waals surface area contributed by atoms with Gasteiger partial charge in [-0.2, -0.15) is 0 Å². The van der Waals surface area contributed by atoms with Crippen molar-refractivity contribution in [2.45, 2.75) is 6.54 Å². The number of nitro benzene ring substituents is 1. The van der Waals surface area contributed by atoms with Crippen molar-refractivity contribution >= 4 is 27.3 Å². The number of hydrazine groups is 1. The number of rotatable bonds is 4. The second-order valence-electron chi connectivity index (χ2n) is 4.04. The topological polar surface area (TPSA) is 103 Å². The van der Waals surface area contributed by atoms with Gasteiger partial charge in [0.1, 0.15) is 5.69 Å². The molecule has 0 bridgehead atoms. The van der Waals surface area contributed by atoms with E-state index in [-0.39, 0.29) is 23.5 Å². The van der Waals surface area contributed by atoms with Gasteiger partial charge in [0.05, 0.1) is 15.9 Å². The summed E-state index contributed by atoms with van der Waals surface area (Å²) in [4.78, 5) is 22.3. The molecule has 2 aromatic rings. The van der Waals surface area contributed by atoms with Crippen molar-refractivity contribution in [3.63, 3.8) is 0 Å². The average molecular weight is 339 g/mol. The summed E-state index contributed by atoms with van der Waals surface area (Å²) in [6, 6.07) is 7.94. The van der Waals surface area contributed by atoms with E-state index in [0.717, 1.165) is 0 Å². The van der Waals surface area contributed by atoms with Crippen LogP contribution in [0.5, 0.6) is 0 Å². The van der Waals surface area contributed by atoms with Crippen LogP contribution >= 0.6 is 15.9 Å². The summed E-state index contributed by atoms with van der Waals surface area (Å²) >= 11 is 3.15. The van der Waals surface area contributed by atoms with Gasteiger partial charge in [0, 0.05) is 12.3 Å². The molecule has 0 saturated carbocycles. The Kier molecular flexibility index (Phi) is 4.16. The van der Waals surface area contributed by atoms with Crippen molar-refractivity contribution in [1.29, 1.82) is 0 Å². The molecular weight excluding hydrogens is 328 g/mol. The maximum absolute atomic E-state index is 11.9. The summed E-state index contributed by atoms with van der Waals surface area (Å²) in [6.07, 6.45) is 1.62. The minimum Gasteiger partial charge on any atom is -0.318 e. The molecule has 0 radical (unpaired) electrons. The number of halogens is 1. The first-order valence-electron chi connectivity index (χ1n) is 5.62. The zero-order chi connectivity index (χ0) is 14.7. The first-order valence-corrected chi connectivity index (χ1v) is 6.41. The summed E-state index contributed by atoms with van der Waals surface area (Å²) in [5.74, 6) is 5.22. The third-order valence-corrected chi connectivity index (χ3v) is 3.34. The minimum atomic E-state index is -0.525. The molecule has 0 unspecified atom stereocenters. The molecule has 1 heterocycles. The van der Waals surface area contributed by atoms with Crippen LogP contribution in [0, 0.1) is 10.1 Å². The van der Waals surface area contributed by atoms with E-state index in [1.165, 1.54) is 16.7 Å². The molecule has 0 aliphatic carbocycles. The first kappa shape index (κ1) is 14.2. The predicted molar refractivity (Wildman–Crippen MR) is 78.4 cm³/mol. The number of pyridine rings is 1. The molecule has 0 fully saturated rings. The molecule has 0 amide bonds. The molecule has 3 N–H and O–H groups in total. The van der Waals surface area contributed by atoms with Crippen LogP contribution in [0.2, 0.25) is 0 Å². The van der Waals surface area contributed by atoms with Gasteiger partial charge in [-0.15, -0.1) is 0 Å². The highest BCUT2D eigenvalue weighted by molar-refractivity contribution is 9.10. The molecular formula is C12H11BrN4O3. The van der Waals surface area contributed by atoms with Gasteiger partial charge in [-0.05, 0) is 39.7 Å². The van der Waals surface area contributed by atoms with E-state index in [0.29, 0.717) is 10.0 Å². The van der Waals surface area contributed by atoms with Gasteiger partial charge >= 0.3 is 0 Å². The highest BCUT2D eigenvalue weighted by atomic mass is 79.9. The monoisotopic (exact) mass is 338 g/mol. The van der Waals surface area contributed by atoms with Gasteiger partial charge in [0.15, 0.2) is 0 Å². The number of nitrogen functional groups attached to an aromatic ring is 1. The lowest BCUT2D eigenvalue weighted by molar-refractivity contribution is -0.384. The van der Waals surface area contributed by atoms with Crippen LogP contribution in [-0.2, 0) is 6.54 Å². The van der Waals surface area contributed by atoms with Gasteiger partial charge in [-0.3, -0.25) is 20.8 Å². The molecule has 2 rings (SSSR count). The zero-order valence-electron chi connectivity index (χ0n) is 10.2. The number of nitrogens with two attached hydrogens (primary N) is 1. The van der Waals surface area contributed by atoms with Crippen molar-refractivity contribution in [2.24, 2.45) is 5.84 Å². The zero-order valence-corrected chi connectivity index (χ0v) is 11.8. The van der Waals surface area contributed by atoms with Gasteiger partial charge < -0.3 is 9.99 Å². The summed E-state index contributed by atoms with van der Waals surface area (Å²) in [5.41, 5.74) is 2.80. The molecule has 8 heteroatoms. The molecule has 0 aliphatic heterocycles. The molecule has 0 aliphatic rings. The smallest absolute Gasteiger partial charge is 0.293 e. The maximum atomic E-state index is 11.9. The Bertz CT molecular complexity index is 714. The molecule has 1 aromatic heterocycles. The van der Waals surface area contributed by atoms with Crippen molar-refractivity contribution in [1.82, 2.24) is 4.57 Å². The van der Waals surface area contributed by atoms with Crippen molar-refractivity contribution in [3.05, 3.63) is 67.0 Å². The van der Waals surface area contributed by atoms with Crippen LogP contribution in [0.4, 0.5) is 11.4 Å². The van der Waals surface area contributed by atoms with Crippen molar-refractivity contribution in [2.75, 3.05) is 5.43 Å². The quantitative estimate of drug-likeness (QED) is 0.503. The van der Waals surface area contributed by atoms with E-state index in [1.807, 2.05) is 0 Å². The molecule has 104 valence electrons. The molecule has 7 nitrogen and oxygen atoms in total. The average Bonchev–Trinajstić information content (AvgIpc) is 2.43. The number of nitrogens with one attached hydrogen (secondary N) is 1. The van der Waals surface area contributed by atoms with Crippen molar-refractivity contribution < 1.29 is 4.92 Å². The summed E-state index contributed by atoms with van der Waals surface area (Å²) < 4.78 is 1.90. The lowest BCUT2D eigenvalue weighted by Gasteiger charge is -2.08. The van der Waals surface area contributed by atoms with Gasteiger partial charge in [0.2, 0.25) is 0 Å². The third kappa shape index (κ3) is 2.86. The van der Waals surface area contributed by atoms with E-state index in [2.05, 4.69) is 21.4 Å². The Labute approximate surface area is 122 Å². The lowest BCUT2D eigenvalue weighted by Crippen LogP contribution is -2.20. The highest BCUT2D eigenvalue weighted by Gasteiger charge is 2.14. The number of hydrogen-bond donors (Lipinski definition) is 2. The van der Waals surface area contributed by atoms with Gasteiger partial charge in [-0.1, -0.05) is 6.07 Å². The third-order valence-electron chi connectivity index (χ3n) is 2.74. The van der Waals surface area contributed by atoms with E-state index < -0.39 is 4.92 Å². The second-order valence-corrected chi connectivity index (χ2v) is 4.90. The Hall–Kier alpha value is -2.19. The van der Waals surface area contributed by atoms with Gasteiger partial charge in [-0.25, -0.2) is 0 Å². The van der Waals surface area contributed by atoms with Crippen molar-refractivity contribution in [3.8, 4) is 0 Å². The minimum absolute atomic E-state index is 0.131. The van der Waals surface area contributed by atoms with Gasteiger partial charge in [0.25, 0.3) is 11.2 Å². The number of nitro groups is 1. The lowest BCUT2D eigenvalue weighted by atomic mass is 10.1. The Balaban J connectivity index is 2.39. The molecule has 0 spiro atoms. The van der Waals surface area contributed by atoms with Crippen LogP contribution < -0.4 is 16.8 Å². The molecule has 1 aromatic carbocycles. The number of anilines is 1. The normalized spacial score (nSPS) is 10.3. The predicted octanol–water partition coefficient (Wildman–Crippen LogP) is 1.85.